The molecule has 4 aliphatic rings. The lowest BCUT2D eigenvalue weighted by Gasteiger charge is -2.42. The van der Waals surface area contributed by atoms with Crippen molar-refractivity contribution in [3.8, 4) is 0 Å². The Labute approximate surface area is 264 Å². The van der Waals surface area contributed by atoms with Gasteiger partial charge in [0, 0.05) is 11.6 Å². The predicted octanol–water partition coefficient (Wildman–Crippen LogP) is 10.8. The lowest BCUT2D eigenvalue weighted by Crippen LogP contribution is -2.41. The summed E-state index contributed by atoms with van der Waals surface area (Å²) in [4.78, 5) is 11.4. The Bertz CT molecular complexity index is 1650. The Morgan fingerprint density at radius 3 is 2.36 bits per heavy atom. The summed E-state index contributed by atoms with van der Waals surface area (Å²) in [6, 6.07) is 21.7. The second-order valence-electron chi connectivity index (χ2n) is 12.8. The summed E-state index contributed by atoms with van der Waals surface area (Å²) in [5.74, 6) is 0.721. The summed E-state index contributed by atoms with van der Waals surface area (Å²) in [6.45, 7) is 9.10. The van der Waals surface area contributed by atoms with E-state index < -0.39 is 5.54 Å². The van der Waals surface area contributed by atoms with E-state index in [0.717, 1.165) is 49.9 Å². The first-order chi connectivity index (χ1) is 21.5. The molecule has 0 amide bonds. The van der Waals surface area contributed by atoms with Gasteiger partial charge in [-0.15, -0.1) is 0 Å². The van der Waals surface area contributed by atoms with E-state index in [-0.39, 0.29) is 5.92 Å². The third-order valence-corrected chi connectivity index (χ3v) is 9.82. The number of aliphatic imine (C=N–C) groups is 2. The Balaban J connectivity index is 1.48. The zero-order valence-corrected chi connectivity index (χ0v) is 26.9. The maximum Gasteiger partial charge on any atom is 0.111 e. The Morgan fingerprint density at radius 1 is 0.932 bits per heavy atom. The second-order valence-corrected chi connectivity index (χ2v) is 12.8. The molecular formula is C42H46N2. The third kappa shape index (κ3) is 6.27. The zero-order valence-electron chi connectivity index (χ0n) is 26.9. The van der Waals surface area contributed by atoms with Crippen molar-refractivity contribution in [2.75, 3.05) is 0 Å². The Kier molecular flexibility index (Phi) is 9.07. The maximum atomic E-state index is 5.72. The van der Waals surface area contributed by atoms with Crippen molar-refractivity contribution in [3.05, 3.63) is 148 Å². The smallest absolute Gasteiger partial charge is 0.111 e. The van der Waals surface area contributed by atoms with Gasteiger partial charge in [0.15, 0.2) is 0 Å². The van der Waals surface area contributed by atoms with Gasteiger partial charge < -0.3 is 0 Å². The summed E-state index contributed by atoms with van der Waals surface area (Å²) in [6.07, 6.45) is 26.0. The third-order valence-electron chi connectivity index (χ3n) is 9.82. The van der Waals surface area contributed by atoms with Crippen LogP contribution in [0.5, 0.6) is 0 Å². The maximum absolute atomic E-state index is 5.72. The van der Waals surface area contributed by atoms with E-state index in [1.165, 1.54) is 51.1 Å². The molecule has 2 aromatic rings. The van der Waals surface area contributed by atoms with E-state index in [1.807, 2.05) is 0 Å². The van der Waals surface area contributed by atoms with Crippen LogP contribution >= 0.6 is 0 Å². The molecule has 3 atom stereocenters. The van der Waals surface area contributed by atoms with Crippen LogP contribution in [0.4, 0.5) is 0 Å². The minimum atomic E-state index is -0.509. The summed E-state index contributed by atoms with van der Waals surface area (Å²) in [5.41, 5.74) is 12.2. The molecule has 1 aliphatic heterocycles. The second kappa shape index (κ2) is 13.3. The van der Waals surface area contributed by atoms with Crippen LogP contribution in [-0.2, 0) is 6.42 Å². The number of hydrogen-bond donors (Lipinski definition) is 0. The largest absolute Gasteiger partial charge is 0.271 e. The topological polar surface area (TPSA) is 24.7 Å². The van der Waals surface area contributed by atoms with E-state index >= 15 is 0 Å². The predicted molar refractivity (Wildman–Crippen MR) is 189 cm³/mol. The summed E-state index contributed by atoms with van der Waals surface area (Å²) in [5, 5.41) is 0. The highest BCUT2D eigenvalue weighted by atomic mass is 15.0. The van der Waals surface area contributed by atoms with Crippen molar-refractivity contribution < 1.29 is 0 Å². The van der Waals surface area contributed by atoms with Crippen LogP contribution < -0.4 is 0 Å². The van der Waals surface area contributed by atoms with Gasteiger partial charge in [-0.25, -0.2) is 0 Å². The highest BCUT2D eigenvalue weighted by molar-refractivity contribution is 6.15. The SMILES string of the molecule is CCC1=C(N=C(CCc2ccccc2)C2=CC=C(C)CC2)C2(C)N=C(C3=CCC(CC)C=C3)C=C(c3ccccc3)C2C=C1. The van der Waals surface area contributed by atoms with E-state index in [4.69, 9.17) is 9.98 Å². The molecule has 6 rings (SSSR count). The van der Waals surface area contributed by atoms with Gasteiger partial charge in [0.05, 0.1) is 11.4 Å². The first-order valence-corrected chi connectivity index (χ1v) is 16.6. The number of aryl methyl sites for hydroxylation is 1. The Morgan fingerprint density at radius 2 is 1.70 bits per heavy atom. The van der Waals surface area contributed by atoms with Gasteiger partial charge in [-0.2, -0.15) is 0 Å². The van der Waals surface area contributed by atoms with Crippen LogP contribution in [0.1, 0.15) is 77.3 Å². The molecule has 0 N–H and O–H groups in total. The zero-order chi connectivity index (χ0) is 30.5. The van der Waals surface area contributed by atoms with Crippen molar-refractivity contribution >= 4 is 17.0 Å². The summed E-state index contributed by atoms with van der Waals surface area (Å²) in [7, 11) is 0. The number of rotatable bonds is 9. The normalized spacial score (nSPS) is 25.1. The quantitative estimate of drug-likeness (QED) is 0.264. The average molecular weight is 579 g/mol. The van der Waals surface area contributed by atoms with E-state index in [1.54, 1.807) is 0 Å². The van der Waals surface area contributed by atoms with E-state index in [0.29, 0.717) is 5.92 Å². The molecule has 3 unspecified atom stereocenters. The van der Waals surface area contributed by atoms with Crippen molar-refractivity contribution in [1.82, 2.24) is 0 Å². The fourth-order valence-electron chi connectivity index (χ4n) is 6.98. The van der Waals surface area contributed by atoms with Crippen LogP contribution in [0, 0.1) is 11.8 Å². The molecule has 0 spiro atoms. The number of fused-ring (bicyclic) bond motifs is 1. The molecule has 1 heterocycles. The molecule has 2 aromatic carbocycles. The molecule has 44 heavy (non-hydrogen) atoms. The Hall–Kier alpha value is -4.04. The summed E-state index contributed by atoms with van der Waals surface area (Å²) < 4.78 is 0. The molecule has 2 nitrogen and oxygen atoms in total. The number of hydrogen-bond acceptors (Lipinski definition) is 2. The molecule has 0 aromatic heterocycles. The van der Waals surface area contributed by atoms with Gasteiger partial charge in [0.25, 0.3) is 0 Å². The molecule has 2 heteroatoms. The van der Waals surface area contributed by atoms with Crippen molar-refractivity contribution in [2.24, 2.45) is 21.8 Å². The van der Waals surface area contributed by atoms with Gasteiger partial charge in [-0.05, 0) is 104 Å². The van der Waals surface area contributed by atoms with Crippen molar-refractivity contribution in [1.29, 1.82) is 0 Å². The van der Waals surface area contributed by atoms with Gasteiger partial charge in [0.1, 0.15) is 5.54 Å². The lowest BCUT2D eigenvalue weighted by molar-refractivity contribution is 0.464. The lowest BCUT2D eigenvalue weighted by atomic mass is 9.69. The van der Waals surface area contributed by atoms with Crippen LogP contribution in [0.15, 0.2) is 147 Å². The number of benzene rings is 2. The monoisotopic (exact) mass is 578 g/mol. The molecule has 0 bridgehead atoms. The van der Waals surface area contributed by atoms with Gasteiger partial charge in [-0.3, -0.25) is 9.98 Å². The minimum absolute atomic E-state index is 0.108. The minimum Gasteiger partial charge on any atom is -0.271 e. The summed E-state index contributed by atoms with van der Waals surface area (Å²) >= 11 is 0. The van der Waals surface area contributed by atoms with Crippen LogP contribution in [-0.4, -0.2) is 17.0 Å². The van der Waals surface area contributed by atoms with Gasteiger partial charge in [0.2, 0.25) is 0 Å². The highest BCUT2D eigenvalue weighted by Gasteiger charge is 2.45. The first-order valence-electron chi connectivity index (χ1n) is 16.6. The molecule has 0 radical (unpaired) electrons. The number of nitrogens with zero attached hydrogens (tertiary/aromatic N) is 2. The van der Waals surface area contributed by atoms with Crippen LogP contribution in [0.25, 0.3) is 5.57 Å². The fourth-order valence-corrected chi connectivity index (χ4v) is 6.98. The van der Waals surface area contributed by atoms with Crippen molar-refractivity contribution in [2.45, 2.75) is 78.2 Å². The first kappa shape index (κ1) is 30.0. The number of allylic oxidation sites excluding steroid dienone is 11. The van der Waals surface area contributed by atoms with Gasteiger partial charge in [-0.1, -0.05) is 123 Å². The average Bonchev–Trinajstić information content (AvgIpc) is 3.07. The highest BCUT2D eigenvalue weighted by Crippen LogP contribution is 2.48. The standard InChI is InChI=1S/C42H46N2/c1-5-31-19-24-36(25-20-31)40-29-37(34-15-11-8-12-16-34)38-27-26-33(6-2)41(42(38,4)44-40)43-39(35-22-17-30(3)18-23-35)28-21-32-13-9-7-10-14-32/h7-17,19,22,24-27,29,31,38H,5-6,18,20-21,23,28H2,1-4H3. The van der Waals surface area contributed by atoms with Crippen LogP contribution in [0.3, 0.4) is 0 Å². The molecule has 0 saturated heterocycles. The van der Waals surface area contributed by atoms with E-state index in [9.17, 15) is 0 Å². The fraction of sp³-hybridized carbons (Fsp3) is 0.333. The number of dihydropyridines is 1. The molecule has 224 valence electrons. The molecular weight excluding hydrogens is 532 g/mol. The molecule has 3 aliphatic carbocycles. The molecule has 0 fully saturated rings. The van der Waals surface area contributed by atoms with Crippen molar-refractivity contribution in [3.63, 3.8) is 0 Å². The molecule has 0 saturated carbocycles. The van der Waals surface area contributed by atoms with Crippen LogP contribution in [0.2, 0.25) is 0 Å². The van der Waals surface area contributed by atoms with E-state index in [2.05, 4.69) is 137 Å². The van der Waals surface area contributed by atoms with Gasteiger partial charge >= 0.3 is 0 Å².